The maximum absolute atomic E-state index is 10.6. The van der Waals surface area contributed by atoms with Gasteiger partial charge in [0.25, 0.3) is 5.69 Å². The summed E-state index contributed by atoms with van der Waals surface area (Å²) >= 11 is 0. The van der Waals surface area contributed by atoms with Crippen molar-refractivity contribution in [1.82, 2.24) is 4.90 Å². The number of benzene rings is 1. The van der Waals surface area contributed by atoms with Crippen LogP contribution in [0, 0.1) is 15.5 Å². The van der Waals surface area contributed by atoms with Crippen LogP contribution < -0.4 is 0 Å². The molecule has 0 bridgehead atoms. The molecule has 17 heavy (non-hydrogen) atoms. The number of nitro groups is 1. The summed E-state index contributed by atoms with van der Waals surface area (Å²) in [6.07, 6.45) is 0. The summed E-state index contributed by atoms with van der Waals surface area (Å²) in [5, 5.41) is 18.5. The minimum atomic E-state index is -0.445. The maximum atomic E-state index is 10.6. The van der Waals surface area contributed by atoms with E-state index in [1.165, 1.54) is 12.1 Å². The molecular formula is C11H16ClN3O2. The molecule has 0 aromatic heterocycles. The first-order valence-corrected chi connectivity index (χ1v) is 5.18. The van der Waals surface area contributed by atoms with Crippen molar-refractivity contribution in [2.75, 3.05) is 13.1 Å². The van der Waals surface area contributed by atoms with Crippen LogP contribution >= 0.6 is 12.4 Å². The Hall–Kier alpha value is -1.62. The second kappa shape index (κ2) is 6.85. The van der Waals surface area contributed by atoms with E-state index >= 15 is 0 Å². The fourth-order valence-corrected chi connectivity index (χ4v) is 1.49. The third-order valence-electron chi connectivity index (χ3n) is 2.41. The molecule has 5 nitrogen and oxygen atoms in total. The average Bonchev–Trinajstić information content (AvgIpc) is 2.30. The zero-order valence-electron chi connectivity index (χ0n) is 9.84. The minimum Gasteiger partial charge on any atom is -0.357 e. The third kappa shape index (κ3) is 3.71. The first-order chi connectivity index (χ1) is 7.60. The van der Waals surface area contributed by atoms with Crippen LogP contribution in [-0.2, 0) is 0 Å². The number of nitro benzene ring substituents is 1. The van der Waals surface area contributed by atoms with E-state index < -0.39 is 4.92 Å². The van der Waals surface area contributed by atoms with Crippen LogP contribution in [-0.4, -0.2) is 28.7 Å². The Morgan fingerprint density at radius 1 is 1.41 bits per heavy atom. The smallest absolute Gasteiger partial charge is 0.270 e. The molecule has 0 spiro atoms. The predicted octanol–water partition coefficient (Wildman–Crippen LogP) is 2.68. The monoisotopic (exact) mass is 257 g/mol. The Balaban J connectivity index is 0.00000256. The molecule has 0 amide bonds. The number of hydrogen-bond acceptors (Lipinski definition) is 3. The van der Waals surface area contributed by atoms with Crippen LogP contribution in [0.4, 0.5) is 5.69 Å². The van der Waals surface area contributed by atoms with E-state index in [9.17, 15) is 10.1 Å². The van der Waals surface area contributed by atoms with Gasteiger partial charge < -0.3 is 4.90 Å². The Bertz CT molecular complexity index is 405. The minimum absolute atomic E-state index is 0. The molecule has 1 aromatic carbocycles. The number of nitrogens with zero attached hydrogens (tertiary/aromatic N) is 2. The number of halogens is 1. The van der Waals surface area contributed by atoms with Gasteiger partial charge in [-0.25, -0.2) is 0 Å². The molecule has 0 heterocycles. The lowest BCUT2D eigenvalue weighted by Crippen LogP contribution is -2.30. The Kier molecular flexibility index (Phi) is 6.20. The molecule has 0 aliphatic rings. The van der Waals surface area contributed by atoms with Crippen molar-refractivity contribution in [3.8, 4) is 0 Å². The Morgan fingerprint density at radius 3 is 2.47 bits per heavy atom. The topological polar surface area (TPSA) is 70.2 Å². The lowest BCUT2D eigenvalue weighted by atomic mass is 10.1. The summed E-state index contributed by atoms with van der Waals surface area (Å²) in [7, 11) is 0. The number of non-ortho nitro benzene ring substituents is 1. The van der Waals surface area contributed by atoms with Crippen molar-refractivity contribution in [2.45, 2.75) is 13.8 Å². The molecule has 0 saturated heterocycles. The van der Waals surface area contributed by atoms with E-state index in [1.54, 1.807) is 12.1 Å². The SMILES string of the molecule is CCN(CC)C(=N)c1cccc([N+](=O)[O-])c1.Cl. The van der Waals surface area contributed by atoms with Gasteiger partial charge in [-0.2, -0.15) is 0 Å². The van der Waals surface area contributed by atoms with Gasteiger partial charge >= 0.3 is 0 Å². The lowest BCUT2D eigenvalue weighted by Gasteiger charge is -2.21. The highest BCUT2D eigenvalue weighted by molar-refractivity contribution is 5.96. The summed E-state index contributed by atoms with van der Waals surface area (Å²) in [5.74, 6) is 0.328. The van der Waals surface area contributed by atoms with Gasteiger partial charge in [-0.15, -0.1) is 12.4 Å². The first-order valence-electron chi connectivity index (χ1n) is 5.18. The maximum Gasteiger partial charge on any atom is 0.270 e. The molecule has 1 aromatic rings. The van der Waals surface area contributed by atoms with Crippen LogP contribution in [0.25, 0.3) is 0 Å². The highest BCUT2D eigenvalue weighted by Gasteiger charge is 2.12. The molecular weight excluding hydrogens is 242 g/mol. The molecule has 0 atom stereocenters. The van der Waals surface area contributed by atoms with Crippen LogP contribution in [0.2, 0.25) is 0 Å². The fraction of sp³-hybridized carbons (Fsp3) is 0.364. The molecule has 0 fully saturated rings. The van der Waals surface area contributed by atoms with Crippen molar-refractivity contribution in [1.29, 1.82) is 5.41 Å². The second-order valence-electron chi connectivity index (χ2n) is 3.33. The molecule has 0 aliphatic carbocycles. The van der Waals surface area contributed by atoms with Crippen molar-refractivity contribution < 1.29 is 4.92 Å². The summed E-state index contributed by atoms with van der Waals surface area (Å²) in [6.45, 7) is 5.35. The molecule has 0 radical (unpaired) electrons. The fourth-order valence-electron chi connectivity index (χ4n) is 1.49. The molecule has 0 saturated carbocycles. The molecule has 0 aliphatic heterocycles. The van der Waals surface area contributed by atoms with Gasteiger partial charge in [0, 0.05) is 30.8 Å². The second-order valence-corrected chi connectivity index (χ2v) is 3.33. The Labute approximate surface area is 107 Å². The van der Waals surface area contributed by atoms with E-state index in [4.69, 9.17) is 5.41 Å². The van der Waals surface area contributed by atoms with Crippen molar-refractivity contribution >= 4 is 23.9 Å². The summed E-state index contributed by atoms with van der Waals surface area (Å²) in [6, 6.07) is 6.18. The first kappa shape index (κ1) is 15.4. The highest BCUT2D eigenvalue weighted by atomic mass is 35.5. The van der Waals surface area contributed by atoms with Gasteiger partial charge in [0.05, 0.1) is 4.92 Å². The van der Waals surface area contributed by atoms with E-state index in [-0.39, 0.29) is 18.1 Å². The van der Waals surface area contributed by atoms with Gasteiger partial charge in [-0.3, -0.25) is 15.5 Å². The third-order valence-corrected chi connectivity index (χ3v) is 2.41. The van der Waals surface area contributed by atoms with Gasteiger partial charge in [-0.1, -0.05) is 12.1 Å². The predicted molar refractivity (Wildman–Crippen MR) is 70.1 cm³/mol. The number of rotatable bonds is 4. The quantitative estimate of drug-likeness (QED) is 0.390. The van der Waals surface area contributed by atoms with Crippen molar-refractivity contribution in [3.63, 3.8) is 0 Å². The lowest BCUT2D eigenvalue weighted by molar-refractivity contribution is -0.384. The van der Waals surface area contributed by atoms with E-state index in [1.807, 2.05) is 18.7 Å². The normalized spacial score (nSPS) is 9.29. The van der Waals surface area contributed by atoms with Gasteiger partial charge in [-0.05, 0) is 13.8 Å². The van der Waals surface area contributed by atoms with Crippen molar-refractivity contribution in [2.24, 2.45) is 0 Å². The van der Waals surface area contributed by atoms with Crippen LogP contribution in [0.1, 0.15) is 19.4 Å². The van der Waals surface area contributed by atoms with E-state index in [0.717, 1.165) is 13.1 Å². The van der Waals surface area contributed by atoms with Crippen molar-refractivity contribution in [3.05, 3.63) is 39.9 Å². The summed E-state index contributed by atoms with van der Waals surface area (Å²) in [4.78, 5) is 12.0. The summed E-state index contributed by atoms with van der Waals surface area (Å²) in [5.41, 5.74) is 0.604. The number of nitrogens with one attached hydrogen (secondary N) is 1. The standard InChI is InChI=1S/C11H15N3O2.ClH/c1-3-13(4-2)11(12)9-6-5-7-10(8-9)14(15)16;/h5-8,12H,3-4H2,1-2H3;1H. The molecule has 1 N–H and O–H groups in total. The van der Waals surface area contributed by atoms with Gasteiger partial charge in [0.1, 0.15) is 5.84 Å². The molecule has 6 heteroatoms. The number of hydrogen-bond donors (Lipinski definition) is 1. The zero-order chi connectivity index (χ0) is 12.1. The van der Waals surface area contributed by atoms with Crippen LogP contribution in [0.3, 0.4) is 0 Å². The van der Waals surface area contributed by atoms with Gasteiger partial charge in [0.2, 0.25) is 0 Å². The molecule has 0 unspecified atom stereocenters. The highest BCUT2D eigenvalue weighted by Crippen LogP contribution is 2.14. The Morgan fingerprint density at radius 2 is 2.00 bits per heavy atom. The van der Waals surface area contributed by atoms with Gasteiger partial charge in [0.15, 0.2) is 0 Å². The van der Waals surface area contributed by atoms with Crippen LogP contribution in [0.5, 0.6) is 0 Å². The zero-order valence-corrected chi connectivity index (χ0v) is 10.7. The molecule has 94 valence electrons. The van der Waals surface area contributed by atoms with E-state index in [0.29, 0.717) is 11.4 Å². The number of amidine groups is 1. The average molecular weight is 258 g/mol. The summed E-state index contributed by atoms with van der Waals surface area (Å²) < 4.78 is 0. The molecule has 1 rings (SSSR count). The largest absolute Gasteiger partial charge is 0.357 e. The van der Waals surface area contributed by atoms with E-state index in [2.05, 4.69) is 0 Å². The van der Waals surface area contributed by atoms with Crippen LogP contribution in [0.15, 0.2) is 24.3 Å².